The zero-order valence-electron chi connectivity index (χ0n) is 17.1. The van der Waals surface area contributed by atoms with Crippen molar-refractivity contribution in [2.24, 2.45) is 0 Å². The summed E-state index contributed by atoms with van der Waals surface area (Å²) in [5.41, 5.74) is 2.52. The van der Waals surface area contributed by atoms with E-state index >= 15 is 0 Å². The average Bonchev–Trinajstić information content (AvgIpc) is 3.15. The molecule has 0 radical (unpaired) electrons. The smallest absolute Gasteiger partial charge is 0.343 e. The van der Waals surface area contributed by atoms with E-state index < -0.39 is 11.6 Å². The lowest BCUT2D eigenvalue weighted by Gasteiger charge is -2.31. The molecule has 0 spiro atoms. The number of esters is 1. The van der Waals surface area contributed by atoms with E-state index in [2.05, 4.69) is 5.32 Å². The van der Waals surface area contributed by atoms with Gasteiger partial charge >= 0.3 is 5.97 Å². The molecule has 5 rings (SSSR count). The standard InChI is InChI=1S/C23H23N3O5/c1-2-23(30)17-9-19-20-15(11-26(19)21(28)16(17)12-31-22(23)29)14(10-24-7-8-27)13-5-3-4-6-18(13)25-20/h3-6,9,24,27,30H,2,7-8,10-12H2,1H3/t23-/m0/s1. The van der Waals surface area contributed by atoms with Gasteiger partial charge in [0.15, 0.2) is 5.60 Å². The van der Waals surface area contributed by atoms with Gasteiger partial charge in [-0.3, -0.25) is 4.79 Å². The number of hydrogen-bond acceptors (Lipinski definition) is 7. The molecule has 160 valence electrons. The van der Waals surface area contributed by atoms with Gasteiger partial charge in [-0.15, -0.1) is 0 Å². The third kappa shape index (κ3) is 2.83. The molecule has 1 aromatic carbocycles. The van der Waals surface area contributed by atoms with Crippen LogP contribution in [0.25, 0.3) is 22.3 Å². The van der Waals surface area contributed by atoms with Gasteiger partial charge in [0.2, 0.25) is 0 Å². The Morgan fingerprint density at radius 2 is 2.06 bits per heavy atom. The molecule has 0 bridgehead atoms. The van der Waals surface area contributed by atoms with Gasteiger partial charge in [0.25, 0.3) is 5.56 Å². The fourth-order valence-corrected chi connectivity index (χ4v) is 4.61. The maximum Gasteiger partial charge on any atom is 0.343 e. The SMILES string of the molecule is CC[C@@]1(O)C(=O)OCc2c1cc1n(c2=O)Cc2c-1nc1ccccc1c2CNCCO. The Bertz CT molecular complexity index is 1280. The molecule has 3 aromatic rings. The Morgan fingerprint density at radius 3 is 2.84 bits per heavy atom. The minimum absolute atomic E-state index is 0.0290. The summed E-state index contributed by atoms with van der Waals surface area (Å²) in [4.78, 5) is 30.5. The summed E-state index contributed by atoms with van der Waals surface area (Å²) in [7, 11) is 0. The van der Waals surface area contributed by atoms with Gasteiger partial charge in [0.1, 0.15) is 6.61 Å². The summed E-state index contributed by atoms with van der Waals surface area (Å²) in [6.07, 6.45) is 0.107. The van der Waals surface area contributed by atoms with Crippen LogP contribution in [0.1, 0.15) is 35.6 Å². The van der Waals surface area contributed by atoms with Crippen LogP contribution in [0.4, 0.5) is 0 Å². The van der Waals surface area contributed by atoms with E-state index in [1.165, 1.54) is 0 Å². The van der Waals surface area contributed by atoms with E-state index in [9.17, 15) is 14.7 Å². The van der Waals surface area contributed by atoms with Gasteiger partial charge in [0.05, 0.1) is 35.6 Å². The van der Waals surface area contributed by atoms with Gasteiger partial charge < -0.3 is 24.8 Å². The van der Waals surface area contributed by atoms with Crippen molar-refractivity contribution in [3.8, 4) is 11.4 Å². The van der Waals surface area contributed by atoms with Gasteiger partial charge in [-0.2, -0.15) is 0 Å². The summed E-state index contributed by atoms with van der Waals surface area (Å²) in [5.74, 6) is -0.731. The fourth-order valence-electron chi connectivity index (χ4n) is 4.61. The van der Waals surface area contributed by atoms with Crippen molar-refractivity contribution in [2.45, 2.75) is 38.6 Å². The first kappa shape index (κ1) is 19.9. The number of pyridine rings is 2. The van der Waals surface area contributed by atoms with Crippen molar-refractivity contribution in [2.75, 3.05) is 13.2 Å². The normalized spacial score (nSPS) is 19.1. The van der Waals surface area contributed by atoms with E-state index in [4.69, 9.17) is 14.8 Å². The number of hydrogen-bond donors (Lipinski definition) is 3. The molecule has 3 N–H and O–H groups in total. The third-order valence-corrected chi connectivity index (χ3v) is 6.30. The Balaban J connectivity index is 1.76. The summed E-state index contributed by atoms with van der Waals surface area (Å²) < 4.78 is 6.77. The van der Waals surface area contributed by atoms with Crippen molar-refractivity contribution < 1.29 is 19.7 Å². The summed E-state index contributed by atoms with van der Waals surface area (Å²) in [6.45, 7) is 2.90. The van der Waals surface area contributed by atoms with Crippen LogP contribution in [-0.4, -0.2) is 38.9 Å². The van der Waals surface area contributed by atoms with Crippen LogP contribution in [0.2, 0.25) is 0 Å². The topological polar surface area (TPSA) is 114 Å². The minimum Gasteiger partial charge on any atom is -0.458 e. The molecule has 2 aliphatic rings. The highest BCUT2D eigenvalue weighted by molar-refractivity contribution is 5.89. The Kier molecular flexibility index (Phi) is 4.65. The minimum atomic E-state index is -1.84. The third-order valence-electron chi connectivity index (χ3n) is 6.30. The monoisotopic (exact) mass is 421 g/mol. The summed E-state index contributed by atoms with van der Waals surface area (Å²) in [5, 5.41) is 24.4. The zero-order valence-corrected chi connectivity index (χ0v) is 17.1. The molecule has 2 aromatic heterocycles. The van der Waals surface area contributed by atoms with Crippen molar-refractivity contribution in [3.63, 3.8) is 0 Å². The zero-order chi connectivity index (χ0) is 21.8. The van der Waals surface area contributed by atoms with Crippen molar-refractivity contribution in [1.82, 2.24) is 14.9 Å². The molecule has 0 fully saturated rings. The largest absolute Gasteiger partial charge is 0.458 e. The van der Waals surface area contributed by atoms with E-state index in [-0.39, 0.29) is 25.2 Å². The Labute approximate surface area is 178 Å². The number of cyclic esters (lactones) is 1. The van der Waals surface area contributed by atoms with Crippen molar-refractivity contribution in [1.29, 1.82) is 0 Å². The maximum absolute atomic E-state index is 13.3. The lowest BCUT2D eigenvalue weighted by atomic mass is 9.86. The number of benzene rings is 1. The number of nitrogens with zero attached hydrogens (tertiary/aromatic N) is 2. The number of para-hydroxylation sites is 1. The number of rotatable bonds is 5. The number of aliphatic hydroxyl groups excluding tert-OH is 1. The van der Waals surface area contributed by atoms with Crippen molar-refractivity contribution in [3.05, 3.63) is 62.9 Å². The number of nitrogens with one attached hydrogen (secondary N) is 1. The van der Waals surface area contributed by atoms with Crippen LogP contribution in [-0.2, 0) is 34.8 Å². The fraction of sp³-hybridized carbons (Fsp3) is 0.348. The highest BCUT2D eigenvalue weighted by Gasteiger charge is 2.45. The van der Waals surface area contributed by atoms with E-state index in [0.717, 1.165) is 22.0 Å². The number of fused-ring (bicyclic) bond motifs is 5. The molecule has 0 saturated carbocycles. The number of carbonyl (C=O) groups is 1. The molecular weight excluding hydrogens is 398 g/mol. The lowest BCUT2D eigenvalue weighted by molar-refractivity contribution is -0.172. The number of aromatic nitrogens is 2. The summed E-state index contributed by atoms with van der Waals surface area (Å²) in [6, 6.07) is 9.50. The molecule has 0 saturated heterocycles. The van der Waals surface area contributed by atoms with E-state index in [0.29, 0.717) is 42.1 Å². The predicted octanol–water partition coefficient (Wildman–Crippen LogP) is 1.16. The highest BCUT2D eigenvalue weighted by Crippen LogP contribution is 2.40. The second kappa shape index (κ2) is 7.26. The average molecular weight is 421 g/mol. The molecule has 2 aliphatic heterocycles. The molecule has 0 unspecified atom stereocenters. The molecule has 1 atom stereocenters. The maximum atomic E-state index is 13.3. The van der Waals surface area contributed by atoms with Crippen LogP contribution in [0.3, 0.4) is 0 Å². The number of carbonyl (C=O) groups excluding carboxylic acids is 1. The molecule has 0 aliphatic carbocycles. The number of ether oxygens (including phenoxy) is 1. The predicted molar refractivity (Wildman–Crippen MR) is 113 cm³/mol. The van der Waals surface area contributed by atoms with Crippen LogP contribution in [0.5, 0.6) is 0 Å². The molecule has 8 heteroatoms. The summed E-state index contributed by atoms with van der Waals surface area (Å²) >= 11 is 0. The molecule has 31 heavy (non-hydrogen) atoms. The Hall–Kier alpha value is -3.07. The molecule has 0 amide bonds. The quantitative estimate of drug-likeness (QED) is 0.327. The molecule has 4 heterocycles. The van der Waals surface area contributed by atoms with Gasteiger partial charge in [-0.1, -0.05) is 25.1 Å². The van der Waals surface area contributed by atoms with Gasteiger partial charge in [0, 0.05) is 29.6 Å². The molecule has 8 nitrogen and oxygen atoms in total. The molecular formula is C23H23N3O5. The lowest BCUT2D eigenvalue weighted by Crippen LogP contribution is -2.44. The van der Waals surface area contributed by atoms with Crippen LogP contribution in [0.15, 0.2) is 35.1 Å². The van der Waals surface area contributed by atoms with Crippen LogP contribution >= 0.6 is 0 Å². The first-order valence-electron chi connectivity index (χ1n) is 10.4. The Morgan fingerprint density at radius 1 is 1.26 bits per heavy atom. The van der Waals surface area contributed by atoms with E-state index in [1.54, 1.807) is 17.6 Å². The number of aliphatic hydroxyl groups is 2. The van der Waals surface area contributed by atoms with Gasteiger partial charge in [-0.25, -0.2) is 9.78 Å². The van der Waals surface area contributed by atoms with Gasteiger partial charge in [-0.05, 0) is 24.1 Å². The van der Waals surface area contributed by atoms with Crippen molar-refractivity contribution >= 4 is 16.9 Å². The van der Waals surface area contributed by atoms with E-state index in [1.807, 2.05) is 24.3 Å². The van der Waals surface area contributed by atoms with Crippen LogP contribution < -0.4 is 10.9 Å². The first-order chi connectivity index (χ1) is 15.0. The first-order valence-corrected chi connectivity index (χ1v) is 10.4. The highest BCUT2D eigenvalue weighted by atomic mass is 16.6. The second-order valence-corrected chi connectivity index (χ2v) is 7.94. The van der Waals surface area contributed by atoms with Crippen LogP contribution in [0, 0.1) is 0 Å². The second-order valence-electron chi connectivity index (χ2n) is 7.94.